The lowest BCUT2D eigenvalue weighted by molar-refractivity contribution is -0.140. The van der Waals surface area contributed by atoms with Crippen LogP contribution in [0, 0.1) is 6.92 Å². The molecule has 0 aliphatic heterocycles. The highest BCUT2D eigenvalue weighted by Crippen LogP contribution is 2.34. The molecular weight excluding hydrogens is 657 g/mol. The van der Waals surface area contributed by atoms with Gasteiger partial charge in [0.05, 0.1) is 17.7 Å². The molecule has 47 heavy (non-hydrogen) atoms. The zero-order chi connectivity index (χ0) is 34.4. The van der Waals surface area contributed by atoms with Crippen LogP contribution >= 0.6 is 23.2 Å². The minimum atomic E-state index is -4.30. The predicted molar refractivity (Wildman–Crippen MR) is 188 cm³/mol. The fourth-order valence-electron chi connectivity index (χ4n) is 5.09. The number of ether oxygens (including phenoxy) is 1. The van der Waals surface area contributed by atoms with Crippen molar-refractivity contribution in [3.63, 3.8) is 0 Å². The summed E-state index contributed by atoms with van der Waals surface area (Å²) < 4.78 is 35.2. The summed E-state index contributed by atoms with van der Waals surface area (Å²) in [5, 5.41) is 3.62. The molecule has 0 heterocycles. The topological polar surface area (TPSA) is 96.0 Å². The van der Waals surface area contributed by atoms with E-state index >= 15 is 0 Å². The molecule has 0 bridgehead atoms. The highest BCUT2D eigenvalue weighted by atomic mass is 35.5. The highest BCUT2D eigenvalue weighted by molar-refractivity contribution is 7.92. The number of halogens is 2. The van der Waals surface area contributed by atoms with Crippen LogP contribution in [0.25, 0.3) is 0 Å². The molecule has 0 fully saturated rings. The lowest BCUT2D eigenvalue weighted by atomic mass is 10.0. The maximum Gasteiger partial charge on any atom is 0.264 e. The largest absolute Gasteiger partial charge is 0.495 e. The third-order valence-corrected chi connectivity index (χ3v) is 9.85. The summed E-state index contributed by atoms with van der Waals surface area (Å²) in [6.07, 6.45) is 0.149. The molecule has 1 N–H and O–H groups in total. The Balaban J connectivity index is 1.89. The first kappa shape index (κ1) is 35.8. The molecule has 0 unspecified atom stereocenters. The molecule has 1 atom stereocenters. The molecule has 11 heteroatoms. The van der Waals surface area contributed by atoms with Crippen LogP contribution in [0.3, 0.4) is 0 Å². The number of sulfonamides is 1. The molecular formula is C36H39Cl2N3O5S. The number of amides is 2. The molecule has 0 aliphatic rings. The number of nitrogens with one attached hydrogen (secondary N) is 1. The summed E-state index contributed by atoms with van der Waals surface area (Å²) in [4.78, 5) is 30.1. The summed E-state index contributed by atoms with van der Waals surface area (Å²) in [5.41, 5.74) is 1.54. The Hall–Kier alpha value is -4.05. The van der Waals surface area contributed by atoms with Crippen LogP contribution in [0.4, 0.5) is 5.69 Å². The second-order valence-electron chi connectivity index (χ2n) is 12.2. The highest BCUT2D eigenvalue weighted by Gasteiger charge is 2.37. The van der Waals surface area contributed by atoms with Gasteiger partial charge >= 0.3 is 0 Å². The SMILES string of the molecule is COc1ccc(C)cc1N(CC(=O)N(Cc1c(Cl)cccc1Cl)[C@@H](Cc1ccccc1)C(=O)NC(C)(C)C)S(=O)(=O)c1ccccc1. The van der Waals surface area contributed by atoms with Crippen molar-refractivity contribution in [3.8, 4) is 5.75 Å². The van der Waals surface area contributed by atoms with E-state index in [2.05, 4.69) is 5.32 Å². The molecule has 248 valence electrons. The van der Waals surface area contributed by atoms with Gasteiger partial charge in [-0.1, -0.05) is 83.9 Å². The molecule has 2 amide bonds. The van der Waals surface area contributed by atoms with Crippen LogP contribution in [0.5, 0.6) is 5.75 Å². The molecule has 4 aromatic carbocycles. The summed E-state index contributed by atoms with van der Waals surface area (Å²) in [6.45, 7) is 6.56. The first-order valence-corrected chi connectivity index (χ1v) is 17.2. The zero-order valence-corrected chi connectivity index (χ0v) is 29.4. The van der Waals surface area contributed by atoms with Crippen molar-refractivity contribution in [2.24, 2.45) is 0 Å². The lowest BCUT2D eigenvalue weighted by Gasteiger charge is -2.35. The van der Waals surface area contributed by atoms with Gasteiger partial charge in [0.15, 0.2) is 0 Å². The second kappa shape index (κ2) is 15.2. The molecule has 0 saturated carbocycles. The van der Waals surface area contributed by atoms with Crippen LogP contribution in [0.2, 0.25) is 10.0 Å². The smallest absolute Gasteiger partial charge is 0.264 e. The van der Waals surface area contributed by atoms with Gasteiger partial charge in [-0.15, -0.1) is 0 Å². The maximum absolute atomic E-state index is 14.7. The fraction of sp³-hybridized carbons (Fsp3) is 0.278. The van der Waals surface area contributed by atoms with E-state index < -0.39 is 40.0 Å². The van der Waals surface area contributed by atoms with Crippen LogP contribution in [-0.2, 0) is 32.6 Å². The van der Waals surface area contributed by atoms with Crippen LogP contribution in [-0.4, -0.2) is 50.4 Å². The Morgan fingerprint density at radius 1 is 0.872 bits per heavy atom. The van der Waals surface area contributed by atoms with E-state index in [4.69, 9.17) is 27.9 Å². The Morgan fingerprint density at radius 2 is 1.47 bits per heavy atom. The number of carbonyl (C=O) groups excluding carboxylic acids is 2. The van der Waals surface area contributed by atoms with Gasteiger partial charge in [0.25, 0.3) is 10.0 Å². The standard InChI is InChI=1S/C36H39Cl2N3O5S/c1-25-19-20-33(46-5)31(21-25)41(47(44,45)27-15-10-7-11-16-27)24-34(42)40(23-28-29(37)17-12-18-30(28)38)32(35(43)39-36(2,3)4)22-26-13-8-6-9-14-26/h6-21,32H,22-24H2,1-5H3,(H,39,43)/t32-/m0/s1. The maximum atomic E-state index is 14.7. The average Bonchev–Trinajstić information content (AvgIpc) is 3.02. The lowest BCUT2D eigenvalue weighted by Crippen LogP contribution is -2.56. The summed E-state index contributed by atoms with van der Waals surface area (Å²) in [5.74, 6) is -0.799. The Labute approximate surface area is 287 Å². The Morgan fingerprint density at radius 3 is 2.04 bits per heavy atom. The van der Waals surface area contributed by atoms with Gasteiger partial charge in [-0.3, -0.25) is 13.9 Å². The minimum Gasteiger partial charge on any atom is -0.495 e. The first-order valence-electron chi connectivity index (χ1n) is 15.0. The van der Waals surface area contributed by atoms with Crippen molar-refractivity contribution in [1.29, 1.82) is 0 Å². The van der Waals surface area contributed by atoms with Crippen molar-refractivity contribution < 1.29 is 22.7 Å². The molecule has 0 spiro atoms. The number of rotatable bonds is 12. The Bertz CT molecular complexity index is 1790. The number of benzene rings is 4. The summed E-state index contributed by atoms with van der Waals surface area (Å²) >= 11 is 13.2. The van der Waals surface area contributed by atoms with E-state index in [0.29, 0.717) is 15.6 Å². The van der Waals surface area contributed by atoms with Crippen molar-refractivity contribution in [1.82, 2.24) is 10.2 Å². The number of carbonyl (C=O) groups is 2. The van der Waals surface area contributed by atoms with Crippen molar-refractivity contribution in [2.75, 3.05) is 18.0 Å². The van der Waals surface area contributed by atoms with Gasteiger partial charge in [-0.2, -0.15) is 0 Å². The van der Waals surface area contributed by atoms with E-state index in [9.17, 15) is 18.0 Å². The average molecular weight is 697 g/mol. The number of hydrogen-bond acceptors (Lipinski definition) is 5. The van der Waals surface area contributed by atoms with E-state index in [1.54, 1.807) is 54.6 Å². The molecule has 0 aliphatic carbocycles. The third-order valence-electron chi connectivity index (χ3n) is 7.37. The van der Waals surface area contributed by atoms with Crippen molar-refractivity contribution >= 4 is 50.7 Å². The quantitative estimate of drug-likeness (QED) is 0.171. The monoisotopic (exact) mass is 695 g/mol. The van der Waals surface area contributed by atoms with Gasteiger partial charge in [0.1, 0.15) is 18.3 Å². The number of anilines is 1. The van der Waals surface area contributed by atoms with Gasteiger partial charge in [0, 0.05) is 34.1 Å². The van der Waals surface area contributed by atoms with Crippen molar-refractivity contribution in [2.45, 2.75) is 57.1 Å². The van der Waals surface area contributed by atoms with Crippen molar-refractivity contribution in [3.05, 3.63) is 124 Å². The van der Waals surface area contributed by atoms with E-state index in [0.717, 1.165) is 15.4 Å². The number of aryl methyl sites for hydroxylation is 1. The van der Waals surface area contributed by atoms with E-state index in [1.807, 2.05) is 58.0 Å². The van der Waals surface area contributed by atoms with Gasteiger partial charge in [-0.05, 0) is 75.2 Å². The molecule has 0 radical (unpaired) electrons. The van der Waals surface area contributed by atoms with Gasteiger partial charge < -0.3 is 15.0 Å². The third kappa shape index (κ3) is 9.06. The summed E-state index contributed by atoms with van der Waals surface area (Å²) in [6, 6.07) is 26.2. The first-order chi connectivity index (χ1) is 22.2. The van der Waals surface area contributed by atoms with E-state index in [1.165, 1.54) is 24.1 Å². The normalized spacial score (nSPS) is 12.2. The molecule has 4 aromatic rings. The van der Waals surface area contributed by atoms with Gasteiger partial charge in [0.2, 0.25) is 11.8 Å². The molecule has 8 nitrogen and oxygen atoms in total. The Kier molecular flexibility index (Phi) is 11.6. The zero-order valence-electron chi connectivity index (χ0n) is 27.0. The summed E-state index contributed by atoms with van der Waals surface area (Å²) in [7, 11) is -2.87. The fourth-order valence-corrected chi connectivity index (χ4v) is 7.04. The van der Waals surface area contributed by atoms with Crippen LogP contribution < -0.4 is 14.4 Å². The predicted octanol–water partition coefficient (Wildman–Crippen LogP) is 7.06. The molecule has 4 rings (SSSR count). The molecule has 0 saturated heterocycles. The van der Waals surface area contributed by atoms with Crippen LogP contribution in [0.15, 0.2) is 102 Å². The molecule has 0 aromatic heterocycles. The number of nitrogens with zero attached hydrogens (tertiary/aromatic N) is 2. The van der Waals surface area contributed by atoms with E-state index in [-0.39, 0.29) is 29.3 Å². The van der Waals surface area contributed by atoms with Gasteiger partial charge in [-0.25, -0.2) is 8.42 Å². The number of hydrogen-bond donors (Lipinski definition) is 1. The second-order valence-corrected chi connectivity index (χ2v) is 14.8. The minimum absolute atomic E-state index is 0.0108. The van der Waals surface area contributed by atoms with Crippen LogP contribution in [0.1, 0.15) is 37.5 Å². The number of methoxy groups -OCH3 is 1.